The second-order valence-electron chi connectivity index (χ2n) is 5.09. The number of urea groups is 1. The van der Waals surface area contributed by atoms with Crippen molar-refractivity contribution in [2.45, 2.75) is 26.5 Å². The van der Waals surface area contributed by atoms with Gasteiger partial charge in [-0.15, -0.1) is 0 Å². The summed E-state index contributed by atoms with van der Waals surface area (Å²) in [5, 5.41) is 6.08. The van der Waals surface area contributed by atoms with Crippen LogP contribution in [0.5, 0.6) is 0 Å². The molecule has 2 N–H and O–H groups in total. The Morgan fingerprint density at radius 2 is 2.17 bits per heavy atom. The van der Waals surface area contributed by atoms with Crippen molar-refractivity contribution in [1.29, 1.82) is 0 Å². The van der Waals surface area contributed by atoms with Crippen molar-refractivity contribution in [3.8, 4) is 0 Å². The van der Waals surface area contributed by atoms with E-state index in [2.05, 4.69) is 15.6 Å². The number of halogens is 1. The Kier molecular flexibility index (Phi) is 6.01. The Balaban J connectivity index is 1.82. The van der Waals surface area contributed by atoms with Crippen LogP contribution < -0.4 is 10.6 Å². The van der Waals surface area contributed by atoms with Crippen molar-refractivity contribution in [1.82, 2.24) is 15.6 Å². The zero-order valence-electron chi connectivity index (χ0n) is 13.4. The number of hydrogen-bond donors (Lipinski definition) is 2. The molecule has 0 spiro atoms. The van der Waals surface area contributed by atoms with Crippen LogP contribution in [0.4, 0.5) is 4.79 Å². The van der Waals surface area contributed by atoms with E-state index in [-0.39, 0.29) is 18.7 Å². The zero-order chi connectivity index (χ0) is 16.8. The molecule has 0 saturated heterocycles. The van der Waals surface area contributed by atoms with Gasteiger partial charge in [-0.3, -0.25) is 0 Å². The molecule has 2 amide bonds. The average Bonchev–Trinajstić information content (AvgIpc) is 2.84. The second kappa shape index (κ2) is 7.99. The molecule has 0 aliphatic heterocycles. The Hall–Kier alpha value is -2.05. The molecule has 1 aromatic carbocycles. The highest BCUT2D eigenvalue weighted by atomic mass is 35.5. The Morgan fingerprint density at radius 3 is 2.78 bits per heavy atom. The van der Waals surface area contributed by atoms with Gasteiger partial charge in [-0.2, -0.15) is 0 Å². The molecule has 0 unspecified atom stereocenters. The van der Waals surface area contributed by atoms with Gasteiger partial charge in [0, 0.05) is 18.7 Å². The molecule has 1 heterocycles. The third-order valence-electron chi connectivity index (χ3n) is 3.43. The van der Waals surface area contributed by atoms with Crippen LogP contribution in [0.2, 0.25) is 5.02 Å². The quantitative estimate of drug-likeness (QED) is 0.849. The third kappa shape index (κ3) is 4.97. The fraction of sp³-hybridized carbons (Fsp3) is 0.375. The maximum Gasteiger partial charge on any atom is 0.315 e. The van der Waals surface area contributed by atoms with Crippen molar-refractivity contribution < 1.29 is 13.9 Å². The number of carbonyl (C=O) groups excluding carboxylic acids is 1. The predicted molar refractivity (Wildman–Crippen MR) is 87.4 cm³/mol. The topological polar surface area (TPSA) is 76.4 Å². The average molecular weight is 338 g/mol. The molecule has 0 radical (unpaired) electrons. The smallest absolute Gasteiger partial charge is 0.315 e. The van der Waals surface area contributed by atoms with Gasteiger partial charge < -0.3 is 19.8 Å². The molecule has 1 aromatic heterocycles. The molecule has 0 saturated carbocycles. The molecule has 0 aliphatic carbocycles. The summed E-state index contributed by atoms with van der Waals surface area (Å²) in [6.45, 7) is 4.25. The van der Waals surface area contributed by atoms with Crippen LogP contribution in [0, 0.1) is 13.8 Å². The van der Waals surface area contributed by atoms with Crippen molar-refractivity contribution in [2.75, 3.05) is 13.7 Å². The third-order valence-corrected chi connectivity index (χ3v) is 3.66. The van der Waals surface area contributed by atoms with E-state index in [1.54, 1.807) is 13.2 Å². The van der Waals surface area contributed by atoms with E-state index < -0.39 is 0 Å². The number of methoxy groups -OCH3 is 1. The number of aromatic nitrogens is 1. The molecule has 23 heavy (non-hydrogen) atoms. The first kappa shape index (κ1) is 17.3. The normalized spacial score (nSPS) is 12.0. The fourth-order valence-electron chi connectivity index (χ4n) is 2.06. The minimum atomic E-state index is -0.317. The fourth-order valence-corrected chi connectivity index (χ4v) is 2.26. The second-order valence-corrected chi connectivity index (χ2v) is 5.53. The van der Waals surface area contributed by atoms with E-state index in [9.17, 15) is 4.79 Å². The Bertz CT molecular complexity index is 653. The van der Waals surface area contributed by atoms with E-state index in [4.69, 9.17) is 20.8 Å². The highest BCUT2D eigenvalue weighted by Gasteiger charge is 2.13. The van der Waals surface area contributed by atoms with E-state index in [1.165, 1.54) is 0 Å². The van der Waals surface area contributed by atoms with Crippen LogP contribution in [0.15, 0.2) is 28.7 Å². The number of oxazole rings is 1. The van der Waals surface area contributed by atoms with Crippen molar-refractivity contribution >= 4 is 17.6 Å². The summed E-state index contributed by atoms with van der Waals surface area (Å²) in [7, 11) is 1.59. The van der Waals surface area contributed by atoms with Gasteiger partial charge in [0.2, 0.25) is 5.89 Å². The lowest BCUT2D eigenvalue weighted by molar-refractivity contribution is 0.104. The molecular formula is C16H20ClN3O3. The van der Waals surface area contributed by atoms with E-state index in [0.717, 1.165) is 17.0 Å². The number of benzene rings is 1. The van der Waals surface area contributed by atoms with Gasteiger partial charge in [0.1, 0.15) is 5.76 Å². The Labute approximate surface area is 140 Å². The molecule has 124 valence electrons. The van der Waals surface area contributed by atoms with Gasteiger partial charge in [0.15, 0.2) is 0 Å². The zero-order valence-corrected chi connectivity index (χ0v) is 14.1. The minimum Gasteiger partial charge on any atom is -0.444 e. The van der Waals surface area contributed by atoms with Crippen LogP contribution in [-0.2, 0) is 11.3 Å². The molecule has 6 nitrogen and oxygen atoms in total. The number of nitrogens with one attached hydrogen (secondary N) is 2. The monoisotopic (exact) mass is 337 g/mol. The molecule has 1 atom stereocenters. The Morgan fingerprint density at radius 1 is 1.39 bits per heavy atom. The van der Waals surface area contributed by atoms with E-state index in [0.29, 0.717) is 17.5 Å². The number of nitrogens with zero attached hydrogens (tertiary/aromatic N) is 1. The number of carbonyl (C=O) groups is 1. The molecule has 2 aromatic rings. The first-order chi connectivity index (χ1) is 11.0. The minimum absolute atomic E-state index is 0.231. The summed E-state index contributed by atoms with van der Waals surface area (Å²) in [6.07, 6.45) is -0.273. The summed E-state index contributed by atoms with van der Waals surface area (Å²) in [6, 6.07) is 7.03. The maximum atomic E-state index is 11.9. The summed E-state index contributed by atoms with van der Waals surface area (Å²) in [5.74, 6) is 1.23. The molecule has 0 aliphatic rings. The van der Waals surface area contributed by atoms with Crippen LogP contribution in [0.1, 0.15) is 29.0 Å². The largest absolute Gasteiger partial charge is 0.444 e. The van der Waals surface area contributed by atoms with Crippen molar-refractivity contribution in [3.05, 3.63) is 52.2 Å². The summed E-state index contributed by atoms with van der Waals surface area (Å²) in [5.41, 5.74) is 1.72. The summed E-state index contributed by atoms with van der Waals surface area (Å²) >= 11 is 5.97. The number of amides is 2. The van der Waals surface area contributed by atoms with Crippen LogP contribution in [0.25, 0.3) is 0 Å². The van der Waals surface area contributed by atoms with E-state index >= 15 is 0 Å². The summed E-state index contributed by atoms with van der Waals surface area (Å²) in [4.78, 5) is 16.1. The van der Waals surface area contributed by atoms with Crippen molar-refractivity contribution in [3.63, 3.8) is 0 Å². The number of aryl methyl sites for hydroxylation is 2. The lowest BCUT2D eigenvalue weighted by Crippen LogP contribution is -2.37. The molecule has 7 heteroatoms. The molecular weight excluding hydrogens is 318 g/mol. The summed E-state index contributed by atoms with van der Waals surface area (Å²) < 4.78 is 10.8. The van der Waals surface area contributed by atoms with Crippen molar-refractivity contribution in [2.24, 2.45) is 0 Å². The van der Waals surface area contributed by atoms with Gasteiger partial charge in [-0.1, -0.05) is 23.7 Å². The SMILES string of the molecule is CO[C@H](CNC(=O)NCc1nc(C)c(C)o1)c1cccc(Cl)c1. The lowest BCUT2D eigenvalue weighted by Gasteiger charge is -2.17. The number of ether oxygens (including phenoxy) is 1. The van der Waals surface area contributed by atoms with E-state index in [1.807, 2.05) is 32.0 Å². The standard InChI is InChI=1S/C16H20ClN3O3/c1-10-11(2)23-15(20-10)9-19-16(21)18-8-14(22-3)12-5-4-6-13(17)7-12/h4-7,14H,8-9H2,1-3H3,(H2,18,19,21)/t14-/m1/s1. The lowest BCUT2D eigenvalue weighted by atomic mass is 10.1. The number of hydrogen-bond acceptors (Lipinski definition) is 4. The molecule has 0 bridgehead atoms. The predicted octanol–water partition coefficient (Wildman–Crippen LogP) is 3.13. The van der Waals surface area contributed by atoms with Crippen LogP contribution in [0.3, 0.4) is 0 Å². The highest BCUT2D eigenvalue weighted by Crippen LogP contribution is 2.19. The maximum absolute atomic E-state index is 11.9. The molecule has 2 rings (SSSR count). The van der Waals surface area contributed by atoms with Gasteiger partial charge in [-0.05, 0) is 31.5 Å². The first-order valence-electron chi connectivity index (χ1n) is 7.22. The van der Waals surface area contributed by atoms with Crippen LogP contribution >= 0.6 is 11.6 Å². The van der Waals surface area contributed by atoms with Gasteiger partial charge in [0.05, 0.1) is 18.3 Å². The number of rotatable bonds is 6. The van der Waals surface area contributed by atoms with Crippen LogP contribution in [-0.4, -0.2) is 24.7 Å². The highest BCUT2D eigenvalue weighted by molar-refractivity contribution is 6.30. The van der Waals surface area contributed by atoms with Gasteiger partial charge in [-0.25, -0.2) is 9.78 Å². The van der Waals surface area contributed by atoms with Gasteiger partial charge in [0.25, 0.3) is 0 Å². The first-order valence-corrected chi connectivity index (χ1v) is 7.60. The molecule has 0 fully saturated rings. The van der Waals surface area contributed by atoms with Gasteiger partial charge >= 0.3 is 6.03 Å².